The van der Waals surface area contributed by atoms with Gasteiger partial charge >= 0.3 is 0 Å². The average molecular weight is 341 g/mol. The molecule has 0 spiro atoms. The van der Waals surface area contributed by atoms with Crippen LogP contribution in [0.5, 0.6) is 0 Å². The largest absolute Gasteiger partial charge is 0.367 e. The summed E-state index contributed by atoms with van der Waals surface area (Å²) in [6.45, 7) is 6.74. The second kappa shape index (κ2) is 8.12. The van der Waals surface area contributed by atoms with Crippen molar-refractivity contribution in [3.8, 4) is 0 Å². The Bertz CT molecular complexity index is 726. The van der Waals surface area contributed by atoms with Gasteiger partial charge in [0.05, 0.1) is 5.69 Å². The molecular formula is C20H24FN3O. The second-order valence-corrected chi connectivity index (χ2v) is 6.41. The Morgan fingerprint density at radius 3 is 2.56 bits per heavy atom. The Balaban J connectivity index is 1.42. The molecule has 1 heterocycles. The maximum Gasteiger partial charge on any atom is 0.251 e. The highest BCUT2D eigenvalue weighted by Crippen LogP contribution is 2.19. The zero-order chi connectivity index (χ0) is 17.6. The standard InChI is InChI=1S/C20H24FN3O/c1-16-5-4-6-17(15-16)20(25)22-9-10-23-11-13-24(14-12-23)19-8-3-2-7-18(19)21/h2-8,15H,9-14H2,1H3,(H,22,25). The van der Waals surface area contributed by atoms with Crippen molar-refractivity contribution in [3.05, 3.63) is 65.5 Å². The van der Waals surface area contributed by atoms with E-state index in [1.807, 2.05) is 43.3 Å². The molecule has 1 aliphatic heterocycles. The Hall–Kier alpha value is -2.40. The molecule has 1 fully saturated rings. The summed E-state index contributed by atoms with van der Waals surface area (Å²) >= 11 is 0. The first-order valence-electron chi connectivity index (χ1n) is 8.70. The molecule has 0 atom stereocenters. The molecule has 1 aliphatic rings. The molecule has 1 N–H and O–H groups in total. The van der Waals surface area contributed by atoms with Crippen molar-refractivity contribution in [1.29, 1.82) is 0 Å². The lowest BCUT2D eigenvalue weighted by Gasteiger charge is -2.36. The topological polar surface area (TPSA) is 35.6 Å². The van der Waals surface area contributed by atoms with Crippen molar-refractivity contribution in [2.45, 2.75) is 6.92 Å². The molecule has 1 amide bonds. The van der Waals surface area contributed by atoms with Gasteiger partial charge < -0.3 is 10.2 Å². The number of nitrogens with one attached hydrogen (secondary N) is 1. The predicted octanol–water partition coefficient (Wildman–Crippen LogP) is 2.69. The second-order valence-electron chi connectivity index (χ2n) is 6.41. The fourth-order valence-electron chi connectivity index (χ4n) is 3.14. The predicted molar refractivity (Wildman–Crippen MR) is 98.6 cm³/mol. The van der Waals surface area contributed by atoms with E-state index in [1.165, 1.54) is 6.07 Å². The van der Waals surface area contributed by atoms with Gasteiger partial charge in [-0.05, 0) is 31.2 Å². The van der Waals surface area contributed by atoms with Crippen LogP contribution in [0.1, 0.15) is 15.9 Å². The summed E-state index contributed by atoms with van der Waals surface area (Å²) in [6.07, 6.45) is 0. The molecule has 5 heteroatoms. The van der Waals surface area contributed by atoms with E-state index in [9.17, 15) is 9.18 Å². The van der Waals surface area contributed by atoms with Crippen LogP contribution in [0.15, 0.2) is 48.5 Å². The number of para-hydroxylation sites is 1. The third kappa shape index (κ3) is 4.57. The molecule has 0 bridgehead atoms. The summed E-state index contributed by atoms with van der Waals surface area (Å²) < 4.78 is 13.8. The van der Waals surface area contributed by atoms with Crippen molar-refractivity contribution in [2.75, 3.05) is 44.2 Å². The average Bonchev–Trinajstić information content (AvgIpc) is 2.63. The molecule has 0 saturated carbocycles. The summed E-state index contributed by atoms with van der Waals surface area (Å²) in [5.41, 5.74) is 2.45. The minimum Gasteiger partial charge on any atom is -0.367 e. The first-order valence-corrected chi connectivity index (χ1v) is 8.70. The van der Waals surface area contributed by atoms with Gasteiger partial charge in [0, 0.05) is 44.8 Å². The molecule has 25 heavy (non-hydrogen) atoms. The number of carbonyl (C=O) groups is 1. The van der Waals surface area contributed by atoms with Gasteiger partial charge in [-0.1, -0.05) is 29.8 Å². The highest BCUT2D eigenvalue weighted by Gasteiger charge is 2.19. The van der Waals surface area contributed by atoms with Gasteiger partial charge in [-0.3, -0.25) is 9.69 Å². The maximum absolute atomic E-state index is 13.8. The van der Waals surface area contributed by atoms with E-state index in [1.54, 1.807) is 6.07 Å². The molecule has 0 aromatic heterocycles. The molecule has 132 valence electrons. The van der Waals surface area contributed by atoms with E-state index in [-0.39, 0.29) is 11.7 Å². The smallest absolute Gasteiger partial charge is 0.251 e. The lowest BCUT2D eigenvalue weighted by atomic mass is 10.1. The summed E-state index contributed by atoms with van der Waals surface area (Å²) in [5, 5.41) is 2.97. The Morgan fingerprint density at radius 1 is 1.08 bits per heavy atom. The van der Waals surface area contributed by atoms with Crippen LogP contribution < -0.4 is 10.2 Å². The quantitative estimate of drug-likeness (QED) is 0.908. The number of aryl methyl sites for hydroxylation is 1. The summed E-state index contributed by atoms with van der Waals surface area (Å²) in [7, 11) is 0. The lowest BCUT2D eigenvalue weighted by molar-refractivity contribution is 0.0947. The van der Waals surface area contributed by atoms with Crippen molar-refractivity contribution < 1.29 is 9.18 Å². The van der Waals surface area contributed by atoms with E-state index >= 15 is 0 Å². The third-order valence-electron chi connectivity index (χ3n) is 4.56. The van der Waals surface area contributed by atoms with Gasteiger partial charge in [0.1, 0.15) is 5.82 Å². The number of benzene rings is 2. The molecule has 3 rings (SSSR count). The first-order chi connectivity index (χ1) is 12.1. The fourth-order valence-corrected chi connectivity index (χ4v) is 3.14. The summed E-state index contributed by atoms with van der Waals surface area (Å²) in [5.74, 6) is -0.199. The van der Waals surface area contributed by atoms with Gasteiger partial charge in [0.2, 0.25) is 0 Å². The monoisotopic (exact) mass is 341 g/mol. The molecule has 0 unspecified atom stereocenters. The van der Waals surface area contributed by atoms with E-state index in [0.29, 0.717) is 17.8 Å². The van der Waals surface area contributed by atoms with Gasteiger partial charge in [0.25, 0.3) is 5.91 Å². The van der Waals surface area contributed by atoms with Crippen LogP contribution in [0.3, 0.4) is 0 Å². The Kier molecular flexibility index (Phi) is 5.66. The number of rotatable bonds is 5. The van der Waals surface area contributed by atoms with Crippen molar-refractivity contribution in [3.63, 3.8) is 0 Å². The number of halogens is 1. The molecule has 2 aromatic carbocycles. The summed E-state index contributed by atoms with van der Waals surface area (Å²) in [4.78, 5) is 16.5. The van der Waals surface area contributed by atoms with Gasteiger partial charge in [-0.2, -0.15) is 0 Å². The molecule has 0 radical (unpaired) electrons. The van der Waals surface area contributed by atoms with Crippen LogP contribution in [-0.4, -0.2) is 50.1 Å². The number of carbonyl (C=O) groups excluding carboxylic acids is 1. The molecular weight excluding hydrogens is 317 g/mol. The normalized spacial score (nSPS) is 15.2. The van der Waals surface area contributed by atoms with E-state index in [4.69, 9.17) is 0 Å². The van der Waals surface area contributed by atoms with Gasteiger partial charge in [-0.25, -0.2) is 4.39 Å². The maximum atomic E-state index is 13.8. The van der Waals surface area contributed by atoms with Crippen LogP contribution in [0.2, 0.25) is 0 Å². The number of amides is 1. The van der Waals surface area contributed by atoms with Crippen LogP contribution in [0.25, 0.3) is 0 Å². The van der Waals surface area contributed by atoms with Crippen LogP contribution in [0, 0.1) is 12.7 Å². The lowest BCUT2D eigenvalue weighted by Crippen LogP contribution is -2.48. The number of anilines is 1. The van der Waals surface area contributed by atoms with Gasteiger partial charge in [0.15, 0.2) is 0 Å². The number of hydrogen-bond acceptors (Lipinski definition) is 3. The molecule has 0 aliphatic carbocycles. The van der Waals surface area contributed by atoms with Gasteiger partial charge in [-0.15, -0.1) is 0 Å². The Morgan fingerprint density at radius 2 is 1.84 bits per heavy atom. The van der Waals surface area contributed by atoms with Crippen molar-refractivity contribution in [2.24, 2.45) is 0 Å². The van der Waals surface area contributed by atoms with Crippen LogP contribution in [-0.2, 0) is 0 Å². The molecule has 2 aromatic rings. The van der Waals surface area contributed by atoms with E-state index in [0.717, 1.165) is 38.3 Å². The fraction of sp³-hybridized carbons (Fsp3) is 0.350. The number of hydrogen-bond donors (Lipinski definition) is 1. The third-order valence-corrected chi connectivity index (χ3v) is 4.56. The minimum absolute atomic E-state index is 0.0336. The van der Waals surface area contributed by atoms with Crippen LogP contribution >= 0.6 is 0 Å². The highest BCUT2D eigenvalue weighted by atomic mass is 19.1. The van der Waals surface area contributed by atoms with E-state index < -0.39 is 0 Å². The summed E-state index contributed by atoms with van der Waals surface area (Å²) in [6, 6.07) is 14.5. The zero-order valence-corrected chi connectivity index (χ0v) is 14.5. The number of piperazine rings is 1. The van der Waals surface area contributed by atoms with Crippen molar-refractivity contribution >= 4 is 11.6 Å². The molecule has 1 saturated heterocycles. The number of nitrogens with zero attached hydrogens (tertiary/aromatic N) is 2. The Labute approximate surface area is 148 Å². The SMILES string of the molecule is Cc1cccc(C(=O)NCCN2CCN(c3ccccc3F)CC2)c1. The van der Waals surface area contributed by atoms with E-state index in [2.05, 4.69) is 15.1 Å². The van der Waals surface area contributed by atoms with Crippen LogP contribution in [0.4, 0.5) is 10.1 Å². The zero-order valence-electron chi connectivity index (χ0n) is 14.5. The minimum atomic E-state index is -0.165. The first kappa shape index (κ1) is 17.4. The highest BCUT2D eigenvalue weighted by molar-refractivity contribution is 5.94. The molecule has 4 nitrogen and oxygen atoms in total. The van der Waals surface area contributed by atoms with Crippen molar-refractivity contribution in [1.82, 2.24) is 10.2 Å².